The van der Waals surface area contributed by atoms with E-state index in [1.165, 1.54) is 19.1 Å². The Balaban J connectivity index is 1.83. The van der Waals surface area contributed by atoms with Crippen molar-refractivity contribution < 1.29 is 19.8 Å². The molecule has 0 aliphatic rings. The molecule has 6 nitrogen and oxygen atoms in total. The molecule has 0 bridgehead atoms. The lowest BCUT2D eigenvalue weighted by atomic mass is 10.0. The predicted octanol–water partition coefficient (Wildman–Crippen LogP) is 4.26. The minimum Gasteiger partial charge on any atom is -0.506 e. The van der Waals surface area contributed by atoms with E-state index in [1.54, 1.807) is 49.5 Å². The Kier molecular flexibility index (Phi) is 5.31. The minimum absolute atomic E-state index is 0.0993. The maximum Gasteiger partial charge on any atom is 0.255 e. The second kappa shape index (κ2) is 7.84. The highest BCUT2D eigenvalue weighted by molar-refractivity contribution is 6.06. The molecule has 3 rings (SSSR count). The van der Waals surface area contributed by atoms with Gasteiger partial charge in [-0.05, 0) is 54.4 Å². The lowest BCUT2D eigenvalue weighted by molar-refractivity contribution is 0.101. The molecule has 3 aromatic carbocycles. The lowest BCUT2D eigenvalue weighted by Gasteiger charge is -2.11. The molecular weight excluding hydrogens is 356 g/mol. The van der Waals surface area contributed by atoms with Gasteiger partial charge in [0.1, 0.15) is 11.5 Å². The molecule has 0 unspecified atom stereocenters. The standard InChI is InChI=1S/C22H20N2O4/c1-13(25)14-4-3-5-17(10-14)22(28)24-19-9-7-16(12-21(19)27)15-6-8-18(23-2)20(26)11-15/h3-12,23,26-27H,1-2H3,(H,24,28). The van der Waals surface area contributed by atoms with Gasteiger partial charge >= 0.3 is 0 Å². The number of aromatic hydroxyl groups is 2. The number of carbonyl (C=O) groups excluding carboxylic acids is 2. The summed E-state index contributed by atoms with van der Waals surface area (Å²) in [5.41, 5.74) is 3.02. The van der Waals surface area contributed by atoms with Gasteiger partial charge in [-0.25, -0.2) is 0 Å². The third-order valence-corrected chi connectivity index (χ3v) is 4.38. The second-order valence-corrected chi connectivity index (χ2v) is 6.30. The second-order valence-electron chi connectivity index (χ2n) is 6.30. The van der Waals surface area contributed by atoms with Gasteiger partial charge in [0.2, 0.25) is 0 Å². The maximum absolute atomic E-state index is 12.4. The van der Waals surface area contributed by atoms with Crippen LogP contribution in [0.25, 0.3) is 11.1 Å². The van der Waals surface area contributed by atoms with Gasteiger partial charge in [0.05, 0.1) is 11.4 Å². The summed E-state index contributed by atoms with van der Waals surface area (Å²) >= 11 is 0. The average molecular weight is 376 g/mol. The highest BCUT2D eigenvalue weighted by Gasteiger charge is 2.12. The summed E-state index contributed by atoms with van der Waals surface area (Å²) in [6, 6.07) is 16.3. The third-order valence-electron chi connectivity index (χ3n) is 4.38. The van der Waals surface area contributed by atoms with E-state index in [9.17, 15) is 19.8 Å². The summed E-state index contributed by atoms with van der Waals surface area (Å²) in [6.07, 6.45) is 0. The monoisotopic (exact) mass is 376 g/mol. The molecule has 3 aromatic rings. The van der Waals surface area contributed by atoms with Crippen LogP contribution >= 0.6 is 0 Å². The van der Waals surface area contributed by atoms with Crippen molar-refractivity contribution in [2.45, 2.75) is 6.92 Å². The number of hydrogen-bond donors (Lipinski definition) is 4. The fourth-order valence-corrected chi connectivity index (χ4v) is 2.81. The number of hydrogen-bond acceptors (Lipinski definition) is 5. The van der Waals surface area contributed by atoms with Crippen LogP contribution in [-0.4, -0.2) is 29.0 Å². The van der Waals surface area contributed by atoms with E-state index in [-0.39, 0.29) is 23.0 Å². The number of phenolic OH excluding ortho intramolecular Hbond substituents is 2. The third kappa shape index (κ3) is 3.96. The lowest BCUT2D eigenvalue weighted by Crippen LogP contribution is -2.12. The van der Waals surface area contributed by atoms with E-state index in [1.807, 2.05) is 6.07 Å². The Labute approximate surface area is 162 Å². The zero-order chi connectivity index (χ0) is 20.3. The van der Waals surface area contributed by atoms with Gasteiger partial charge in [0, 0.05) is 18.2 Å². The van der Waals surface area contributed by atoms with E-state index < -0.39 is 5.91 Å². The van der Waals surface area contributed by atoms with Crippen molar-refractivity contribution in [1.82, 2.24) is 0 Å². The zero-order valence-corrected chi connectivity index (χ0v) is 15.5. The van der Waals surface area contributed by atoms with Crippen LogP contribution in [0.4, 0.5) is 11.4 Å². The maximum atomic E-state index is 12.4. The highest BCUT2D eigenvalue weighted by Crippen LogP contribution is 2.34. The number of nitrogens with one attached hydrogen (secondary N) is 2. The van der Waals surface area contributed by atoms with E-state index in [2.05, 4.69) is 10.6 Å². The van der Waals surface area contributed by atoms with Crippen LogP contribution < -0.4 is 10.6 Å². The van der Waals surface area contributed by atoms with Crippen molar-refractivity contribution in [3.05, 3.63) is 71.8 Å². The molecular formula is C22H20N2O4. The number of carbonyl (C=O) groups is 2. The summed E-state index contributed by atoms with van der Waals surface area (Å²) in [5.74, 6) is -0.565. The molecule has 0 heterocycles. The summed E-state index contributed by atoms with van der Waals surface area (Å²) in [6.45, 7) is 1.43. The fraction of sp³-hybridized carbons (Fsp3) is 0.0909. The summed E-state index contributed by atoms with van der Waals surface area (Å²) in [4.78, 5) is 23.9. The Bertz CT molecular complexity index is 1060. The van der Waals surface area contributed by atoms with Crippen LogP contribution in [0.3, 0.4) is 0 Å². The van der Waals surface area contributed by atoms with Crippen LogP contribution in [0.1, 0.15) is 27.6 Å². The van der Waals surface area contributed by atoms with E-state index in [4.69, 9.17) is 0 Å². The topological polar surface area (TPSA) is 98.7 Å². The minimum atomic E-state index is -0.429. The molecule has 0 saturated carbocycles. The van der Waals surface area contributed by atoms with Crippen molar-refractivity contribution in [3.8, 4) is 22.6 Å². The molecule has 142 valence electrons. The van der Waals surface area contributed by atoms with Gasteiger partial charge in [0.25, 0.3) is 5.91 Å². The van der Waals surface area contributed by atoms with Crippen LogP contribution in [0.15, 0.2) is 60.7 Å². The van der Waals surface area contributed by atoms with Crippen molar-refractivity contribution in [2.75, 3.05) is 17.7 Å². The van der Waals surface area contributed by atoms with Crippen LogP contribution in [-0.2, 0) is 0 Å². The number of Topliss-reactive ketones (excluding diaryl/α,β-unsaturated/α-hetero) is 1. The van der Waals surface area contributed by atoms with Gasteiger partial charge in [-0.1, -0.05) is 24.3 Å². The quantitative estimate of drug-likeness (QED) is 0.394. The van der Waals surface area contributed by atoms with Crippen molar-refractivity contribution >= 4 is 23.1 Å². The molecule has 0 aliphatic heterocycles. The van der Waals surface area contributed by atoms with Crippen molar-refractivity contribution in [3.63, 3.8) is 0 Å². The molecule has 28 heavy (non-hydrogen) atoms. The molecule has 4 N–H and O–H groups in total. The first-order valence-electron chi connectivity index (χ1n) is 8.65. The fourth-order valence-electron chi connectivity index (χ4n) is 2.81. The number of rotatable bonds is 5. The number of anilines is 2. The number of benzene rings is 3. The van der Waals surface area contributed by atoms with Crippen LogP contribution in [0.5, 0.6) is 11.5 Å². The SMILES string of the molecule is CNc1ccc(-c2ccc(NC(=O)c3cccc(C(C)=O)c3)c(O)c2)cc1O. The predicted molar refractivity (Wildman–Crippen MR) is 109 cm³/mol. The largest absolute Gasteiger partial charge is 0.506 e. The number of amides is 1. The van der Waals surface area contributed by atoms with E-state index in [0.717, 1.165) is 5.56 Å². The van der Waals surface area contributed by atoms with E-state index in [0.29, 0.717) is 22.4 Å². The molecule has 0 radical (unpaired) electrons. The van der Waals surface area contributed by atoms with E-state index >= 15 is 0 Å². The molecule has 0 aliphatic carbocycles. The summed E-state index contributed by atoms with van der Waals surface area (Å²) in [5, 5.41) is 25.8. The molecule has 0 fully saturated rings. The Morgan fingerprint density at radius 3 is 1.89 bits per heavy atom. The summed E-state index contributed by atoms with van der Waals surface area (Å²) in [7, 11) is 1.71. The highest BCUT2D eigenvalue weighted by atomic mass is 16.3. The number of ketones is 1. The average Bonchev–Trinajstić information content (AvgIpc) is 2.69. The first-order chi connectivity index (χ1) is 13.4. The zero-order valence-electron chi connectivity index (χ0n) is 15.5. The Morgan fingerprint density at radius 2 is 1.36 bits per heavy atom. The molecule has 0 atom stereocenters. The molecule has 0 saturated heterocycles. The first-order valence-corrected chi connectivity index (χ1v) is 8.65. The molecule has 6 heteroatoms. The molecule has 0 aromatic heterocycles. The number of phenols is 2. The van der Waals surface area contributed by atoms with Gasteiger partial charge in [-0.2, -0.15) is 0 Å². The van der Waals surface area contributed by atoms with Gasteiger partial charge in [-0.3, -0.25) is 9.59 Å². The molecule has 0 spiro atoms. The van der Waals surface area contributed by atoms with Gasteiger partial charge < -0.3 is 20.8 Å². The first kappa shape index (κ1) is 19.0. The summed E-state index contributed by atoms with van der Waals surface area (Å²) < 4.78 is 0. The Hall–Kier alpha value is -3.80. The normalized spacial score (nSPS) is 10.4. The smallest absolute Gasteiger partial charge is 0.255 e. The van der Waals surface area contributed by atoms with Crippen molar-refractivity contribution in [1.29, 1.82) is 0 Å². The molecule has 1 amide bonds. The van der Waals surface area contributed by atoms with Gasteiger partial charge in [0.15, 0.2) is 5.78 Å². The van der Waals surface area contributed by atoms with Crippen molar-refractivity contribution in [2.24, 2.45) is 0 Å². The van der Waals surface area contributed by atoms with Crippen LogP contribution in [0.2, 0.25) is 0 Å². The Morgan fingerprint density at radius 1 is 0.786 bits per heavy atom. The van der Waals surface area contributed by atoms with Gasteiger partial charge in [-0.15, -0.1) is 0 Å². The van der Waals surface area contributed by atoms with Crippen LogP contribution in [0, 0.1) is 0 Å².